The fraction of sp³-hybridized carbons (Fsp3) is 0.545. The van der Waals surface area contributed by atoms with E-state index in [0.29, 0.717) is 19.6 Å². The molecule has 6 nitrogen and oxygen atoms in total. The molecule has 1 saturated heterocycles. The Morgan fingerprint density at radius 3 is 2.85 bits per heavy atom. The van der Waals surface area contributed by atoms with E-state index in [0.717, 1.165) is 11.3 Å². The summed E-state index contributed by atoms with van der Waals surface area (Å²) in [5, 5.41) is 4.72. The van der Waals surface area contributed by atoms with Crippen molar-refractivity contribution in [3.63, 3.8) is 0 Å². The first kappa shape index (κ1) is 17.4. The van der Waals surface area contributed by atoms with E-state index in [9.17, 15) is 13.2 Å². The first-order valence-corrected chi connectivity index (χ1v) is 8.19. The first-order valence-electron chi connectivity index (χ1n) is 5.87. The molecule has 1 aliphatic rings. The molecule has 1 aromatic heterocycles. The Kier molecular flexibility index (Phi) is 5.96. The van der Waals surface area contributed by atoms with Gasteiger partial charge in [0.05, 0.1) is 7.11 Å². The average Bonchev–Trinajstić information content (AvgIpc) is 2.88. The number of halogens is 1. The van der Waals surface area contributed by atoms with Crippen LogP contribution in [0.3, 0.4) is 0 Å². The maximum atomic E-state index is 12.6. The highest BCUT2D eigenvalue weighted by molar-refractivity contribution is 7.89. The van der Waals surface area contributed by atoms with E-state index in [2.05, 4.69) is 10.1 Å². The Labute approximate surface area is 128 Å². The van der Waals surface area contributed by atoms with Crippen LogP contribution in [0.5, 0.6) is 0 Å². The molecule has 2 heterocycles. The third kappa shape index (κ3) is 3.15. The van der Waals surface area contributed by atoms with Crippen molar-refractivity contribution in [3.05, 3.63) is 16.3 Å². The first-order chi connectivity index (χ1) is 8.98. The van der Waals surface area contributed by atoms with Crippen LogP contribution in [0, 0.1) is 0 Å². The molecule has 0 radical (unpaired) electrons. The highest BCUT2D eigenvalue weighted by Crippen LogP contribution is 2.27. The van der Waals surface area contributed by atoms with Crippen LogP contribution in [0.15, 0.2) is 16.3 Å². The maximum Gasteiger partial charge on any atom is 0.349 e. The number of ether oxygens (including phenoxy) is 1. The summed E-state index contributed by atoms with van der Waals surface area (Å²) in [6.45, 7) is 3.46. The van der Waals surface area contributed by atoms with E-state index in [1.165, 1.54) is 17.5 Å². The minimum Gasteiger partial charge on any atom is -0.465 e. The van der Waals surface area contributed by atoms with Crippen LogP contribution < -0.4 is 5.32 Å². The van der Waals surface area contributed by atoms with Crippen LogP contribution in [0.25, 0.3) is 0 Å². The molecule has 1 aliphatic heterocycles. The molecule has 1 aromatic rings. The van der Waals surface area contributed by atoms with Crippen molar-refractivity contribution in [2.45, 2.75) is 17.9 Å². The van der Waals surface area contributed by atoms with Gasteiger partial charge in [-0.25, -0.2) is 13.2 Å². The van der Waals surface area contributed by atoms with Crippen molar-refractivity contribution < 1.29 is 17.9 Å². The van der Waals surface area contributed by atoms with Gasteiger partial charge in [0.1, 0.15) is 9.77 Å². The Morgan fingerprint density at radius 1 is 1.55 bits per heavy atom. The minimum atomic E-state index is -3.65. The second-order valence-electron chi connectivity index (χ2n) is 4.27. The van der Waals surface area contributed by atoms with E-state index in [1.807, 2.05) is 6.92 Å². The van der Waals surface area contributed by atoms with Gasteiger partial charge in [0.2, 0.25) is 10.0 Å². The molecule has 9 heteroatoms. The molecule has 1 atom stereocenters. The van der Waals surface area contributed by atoms with E-state index in [-0.39, 0.29) is 28.2 Å². The van der Waals surface area contributed by atoms with Crippen molar-refractivity contribution in [1.29, 1.82) is 0 Å². The summed E-state index contributed by atoms with van der Waals surface area (Å²) in [4.78, 5) is 11.8. The Morgan fingerprint density at radius 2 is 2.25 bits per heavy atom. The lowest BCUT2D eigenvalue weighted by Gasteiger charge is -2.32. The standard InChI is InChI=1S/C11H16N2O4S2.ClH/c1-8-7-12-4-5-13(8)19(15,16)9-3-6-18-10(9)11(14)17-2;/h3,6,8,12H,4-5,7H2,1-2H3;1H/t8-;/m1./s1. The van der Waals surface area contributed by atoms with E-state index < -0.39 is 16.0 Å². The van der Waals surface area contributed by atoms with Crippen LogP contribution in [-0.2, 0) is 14.8 Å². The molecular weight excluding hydrogens is 324 g/mol. The summed E-state index contributed by atoms with van der Waals surface area (Å²) in [5.74, 6) is -0.614. The second-order valence-corrected chi connectivity index (χ2v) is 7.05. The van der Waals surface area contributed by atoms with Gasteiger partial charge in [-0.15, -0.1) is 23.7 Å². The summed E-state index contributed by atoms with van der Waals surface area (Å²) in [6.07, 6.45) is 0. The van der Waals surface area contributed by atoms with Gasteiger partial charge in [-0.05, 0) is 18.4 Å². The van der Waals surface area contributed by atoms with Crippen LogP contribution >= 0.6 is 23.7 Å². The molecule has 0 bridgehead atoms. The molecular formula is C11H17ClN2O4S2. The topological polar surface area (TPSA) is 75.7 Å². The monoisotopic (exact) mass is 340 g/mol. The Bertz CT molecular complexity index is 573. The average molecular weight is 341 g/mol. The van der Waals surface area contributed by atoms with Crippen molar-refractivity contribution in [2.24, 2.45) is 0 Å². The molecule has 20 heavy (non-hydrogen) atoms. The molecule has 1 N–H and O–H groups in total. The van der Waals surface area contributed by atoms with Gasteiger partial charge in [0, 0.05) is 25.7 Å². The normalized spacial score (nSPS) is 20.2. The third-order valence-corrected chi connectivity index (χ3v) is 6.11. The van der Waals surface area contributed by atoms with Gasteiger partial charge in [-0.2, -0.15) is 4.31 Å². The molecule has 0 spiro atoms. The molecule has 0 aliphatic carbocycles. The number of sulfonamides is 1. The highest BCUT2D eigenvalue weighted by Gasteiger charge is 2.34. The van der Waals surface area contributed by atoms with Gasteiger partial charge in [-0.1, -0.05) is 0 Å². The van der Waals surface area contributed by atoms with Crippen LogP contribution in [-0.4, -0.2) is 51.5 Å². The quantitative estimate of drug-likeness (QED) is 0.829. The van der Waals surface area contributed by atoms with Gasteiger partial charge in [0.15, 0.2) is 0 Å². The molecule has 0 amide bonds. The Balaban J connectivity index is 0.00000200. The van der Waals surface area contributed by atoms with E-state index in [4.69, 9.17) is 0 Å². The van der Waals surface area contributed by atoms with Crippen molar-refractivity contribution in [3.8, 4) is 0 Å². The number of hydrogen-bond donors (Lipinski definition) is 1. The lowest BCUT2D eigenvalue weighted by Crippen LogP contribution is -2.52. The molecule has 0 unspecified atom stereocenters. The van der Waals surface area contributed by atoms with Crippen molar-refractivity contribution in [2.75, 3.05) is 26.7 Å². The molecule has 114 valence electrons. The number of carbonyl (C=O) groups is 1. The minimum absolute atomic E-state index is 0. The summed E-state index contributed by atoms with van der Waals surface area (Å²) in [6, 6.07) is 1.32. The number of methoxy groups -OCH3 is 1. The fourth-order valence-corrected chi connectivity index (χ4v) is 4.99. The molecule has 0 aromatic carbocycles. The number of carbonyl (C=O) groups excluding carboxylic acids is 1. The number of rotatable bonds is 3. The molecule has 1 fully saturated rings. The lowest BCUT2D eigenvalue weighted by atomic mass is 10.3. The smallest absolute Gasteiger partial charge is 0.349 e. The van der Waals surface area contributed by atoms with E-state index in [1.54, 1.807) is 5.38 Å². The van der Waals surface area contributed by atoms with Gasteiger partial charge in [-0.3, -0.25) is 0 Å². The molecule has 2 rings (SSSR count). The molecule has 0 saturated carbocycles. The Hall–Kier alpha value is -0.670. The predicted octanol–water partition coefficient (Wildman–Crippen LogP) is 0.939. The van der Waals surface area contributed by atoms with Crippen LogP contribution in [0.4, 0.5) is 0 Å². The van der Waals surface area contributed by atoms with Gasteiger partial charge < -0.3 is 10.1 Å². The van der Waals surface area contributed by atoms with Crippen molar-refractivity contribution in [1.82, 2.24) is 9.62 Å². The predicted molar refractivity (Wildman–Crippen MR) is 79.1 cm³/mol. The lowest BCUT2D eigenvalue weighted by molar-refractivity contribution is 0.0602. The zero-order chi connectivity index (χ0) is 14.0. The van der Waals surface area contributed by atoms with Crippen molar-refractivity contribution >= 4 is 39.7 Å². The number of nitrogens with zero attached hydrogens (tertiary/aromatic N) is 1. The van der Waals surface area contributed by atoms with Crippen LogP contribution in [0.2, 0.25) is 0 Å². The summed E-state index contributed by atoms with van der Waals surface area (Å²) in [5.41, 5.74) is 0. The highest BCUT2D eigenvalue weighted by atomic mass is 35.5. The number of esters is 1. The van der Waals surface area contributed by atoms with E-state index >= 15 is 0 Å². The second kappa shape index (κ2) is 6.86. The zero-order valence-corrected chi connectivity index (χ0v) is 13.6. The SMILES string of the molecule is COC(=O)c1sccc1S(=O)(=O)N1CCNC[C@H]1C.Cl. The number of piperazine rings is 1. The largest absolute Gasteiger partial charge is 0.465 e. The number of thiophene rings is 1. The zero-order valence-electron chi connectivity index (χ0n) is 11.2. The summed E-state index contributed by atoms with van der Waals surface area (Å²) < 4.78 is 31.2. The number of hydrogen-bond acceptors (Lipinski definition) is 6. The maximum absolute atomic E-state index is 12.6. The summed E-state index contributed by atoms with van der Waals surface area (Å²) in [7, 11) is -2.41. The number of nitrogens with one attached hydrogen (secondary N) is 1. The fourth-order valence-electron chi connectivity index (χ4n) is 2.05. The van der Waals surface area contributed by atoms with Gasteiger partial charge >= 0.3 is 5.97 Å². The third-order valence-electron chi connectivity index (χ3n) is 3.03. The van der Waals surface area contributed by atoms with Gasteiger partial charge in [0.25, 0.3) is 0 Å². The summed E-state index contributed by atoms with van der Waals surface area (Å²) >= 11 is 1.08. The van der Waals surface area contributed by atoms with Crippen LogP contribution in [0.1, 0.15) is 16.6 Å².